The molecule has 1 aliphatic rings. The highest BCUT2D eigenvalue weighted by molar-refractivity contribution is 5.59. The first kappa shape index (κ1) is 16.0. The monoisotopic (exact) mass is 337 g/mol. The topological polar surface area (TPSA) is 68.6 Å². The summed E-state index contributed by atoms with van der Waals surface area (Å²) in [6.07, 6.45) is 5.88. The van der Waals surface area contributed by atoms with Crippen LogP contribution in [0.4, 0.5) is 0 Å². The number of aromatic amines is 1. The van der Waals surface area contributed by atoms with Crippen molar-refractivity contribution in [3.05, 3.63) is 48.3 Å². The second-order valence-corrected chi connectivity index (χ2v) is 7.25. The van der Waals surface area contributed by atoms with E-state index in [0.717, 1.165) is 42.3 Å². The predicted molar refractivity (Wildman–Crippen MR) is 95.7 cm³/mol. The number of aryl methyl sites for hydroxylation is 1. The third-order valence-electron chi connectivity index (χ3n) is 4.71. The van der Waals surface area contributed by atoms with Crippen LogP contribution in [0.15, 0.2) is 36.7 Å². The third-order valence-corrected chi connectivity index (χ3v) is 4.71. The van der Waals surface area contributed by atoms with E-state index in [1.54, 1.807) is 0 Å². The van der Waals surface area contributed by atoms with Crippen LogP contribution >= 0.6 is 0 Å². The van der Waals surface area contributed by atoms with Crippen LogP contribution in [-0.2, 0) is 4.74 Å². The van der Waals surface area contributed by atoms with Crippen molar-refractivity contribution in [2.24, 2.45) is 0 Å². The maximum Gasteiger partial charge on any atom is 0.181 e. The van der Waals surface area contributed by atoms with Crippen LogP contribution in [0.3, 0.4) is 0 Å². The molecule has 1 saturated heterocycles. The lowest BCUT2D eigenvalue weighted by Crippen LogP contribution is -2.33. The normalized spacial score (nSPS) is 19.9. The standard InChI is InChI=1S/C19H23N5O/c1-13-21-17(23-22-13)14-5-4-6-16(11-14)24-9-8-20-18(24)15-7-10-25-19(2,3)12-15/h4-6,8-9,11,15H,7,10,12H2,1-3H3,(H,21,22,23). The van der Waals surface area contributed by atoms with E-state index in [9.17, 15) is 0 Å². The fourth-order valence-electron chi connectivity index (χ4n) is 3.55. The summed E-state index contributed by atoms with van der Waals surface area (Å²) < 4.78 is 8.04. The first-order chi connectivity index (χ1) is 12.0. The zero-order chi connectivity index (χ0) is 17.4. The highest BCUT2D eigenvalue weighted by atomic mass is 16.5. The van der Waals surface area contributed by atoms with Gasteiger partial charge >= 0.3 is 0 Å². The Labute approximate surface area is 147 Å². The molecule has 1 atom stereocenters. The number of benzene rings is 1. The fourth-order valence-corrected chi connectivity index (χ4v) is 3.55. The summed E-state index contributed by atoms with van der Waals surface area (Å²) in [6.45, 7) is 6.99. The SMILES string of the molecule is Cc1nc(-c2cccc(-n3ccnc3C3CCOC(C)(C)C3)c2)n[nH]1. The minimum atomic E-state index is -0.0992. The first-order valence-corrected chi connectivity index (χ1v) is 8.69. The molecular weight excluding hydrogens is 314 g/mol. The Balaban J connectivity index is 1.69. The molecule has 0 aliphatic carbocycles. The van der Waals surface area contributed by atoms with Crippen LogP contribution < -0.4 is 0 Å². The Bertz CT molecular complexity index is 879. The summed E-state index contributed by atoms with van der Waals surface area (Å²) in [4.78, 5) is 9.08. The number of H-pyrrole nitrogens is 1. The van der Waals surface area contributed by atoms with Gasteiger partial charge in [-0.05, 0) is 45.7 Å². The van der Waals surface area contributed by atoms with Gasteiger partial charge < -0.3 is 9.30 Å². The Kier molecular flexibility index (Phi) is 3.92. The summed E-state index contributed by atoms with van der Waals surface area (Å²) in [5.41, 5.74) is 1.98. The molecule has 25 heavy (non-hydrogen) atoms. The highest BCUT2D eigenvalue weighted by Gasteiger charge is 2.32. The molecule has 3 heterocycles. The van der Waals surface area contributed by atoms with Crippen molar-refractivity contribution in [2.75, 3.05) is 6.61 Å². The van der Waals surface area contributed by atoms with Crippen LogP contribution in [0.1, 0.15) is 44.3 Å². The molecular formula is C19H23N5O. The van der Waals surface area contributed by atoms with E-state index in [-0.39, 0.29) is 5.60 Å². The Morgan fingerprint density at radius 1 is 1.32 bits per heavy atom. The van der Waals surface area contributed by atoms with Crippen molar-refractivity contribution in [2.45, 2.75) is 45.1 Å². The number of ether oxygens (including phenoxy) is 1. The second-order valence-electron chi connectivity index (χ2n) is 7.25. The van der Waals surface area contributed by atoms with Crippen LogP contribution in [0.2, 0.25) is 0 Å². The predicted octanol–water partition coefficient (Wildman–Crippen LogP) is 3.64. The molecule has 1 aliphatic heterocycles. The van der Waals surface area contributed by atoms with Crippen molar-refractivity contribution in [1.29, 1.82) is 0 Å². The molecule has 130 valence electrons. The van der Waals surface area contributed by atoms with Gasteiger partial charge in [0, 0.05) is 36.2 Å². The number of imidazole rings is 1. The van der Waals surface area contributed by atoms with E-state index < -0.39 is 0 Å². The molecule has 6 nitrogen and oxygen atoms in total. The molecule has 3 aromatic rings. The summed E-state index contributed by atoms with van der Waals surface area (Å²) in [5.74, 6) is 3.02. The summed E-state index contributed by atoms with van der Waals surface area (Å²) >= 11 is 0. The molecule has 2 aromatic heterocycles. The van der Waals surface area contributed by atoms with Gasteiger partial charge in [0.25, 0.3) is 0 Å². The maximum absolute atomic E-state index is 5.86. The van der Waals surface area contributed by atoms with Crippen LogP contribution in [0.5, 0.6) is 0 Å². The molecule has 1 fully saturated rings. The van der Waals surface area contributed by atoms with Gasteiger partial charge in [0.05, 0.1) is 5.60 Å². The van der Waals surface area contributed by atoms with Gasteiger partial charge in [0.2, 0.25) is 0 Å². The average molecular weight is 337 g/mol. The molecule has 4 rings (SSSR count). The molecule has 1 aromatic carbocycles. The molecule has 1 N–H and O–H groups in total. The van der Waals surface area contributed by atoms with Crippen LogP contribution in [-0.4, -0.2) is 36.9 Å². The van der Waals surface area contributed by atoms with E-state index in [1.165, 1.54) is 0 Å². The number of nitrogens with one attached hydrogen (secondary N) is 1. The van der Waals surface area contributed by atoms with Gasteiger partial charge in [-0.3, -0.25) is 5.10 Å². The zero-order valence-corrected chi connectivity index (χ0v) is 14.9. The quantitative estimate of drug-likeness (QED) is 0.792. The third kappa shape index (κ3) is 3.22. The number of nitrogens with zero attached hydrogens (tertiary/aromatic N) is 4. The van der Waals surface area contributed by atoms with Crippen molar-refractivity contribution >= 4 is 0 Å². The van der Waals surface area contributed by atoms with E-state index >= 15 is 0 Å². The van der Waals surface area contributed by atoms with E-state index in [4.69, 9.17) is 4.74 Å². The maximum atomic E-state index is 5.86. The minimum Gasteiger partial charge on any atom is -0.376 e. The molecule has 6 heteroatoms. The Morgan fingerprint density at radius 2 is 2.20 bits per heavy atom. The largest absolute Gasteiger partial charge is 0.376 e. The average Bonchev–Trinajstić information content (AvgIpc) is 3.23. The number of aromatic nitrogens is 5. The number of rotatable bonds is 3. The highest BCUT2D eigenvalue weighted by Crippen LogP contribution is 2.35. The number of hydrogen-bond acceptors (Lipinski definition) is 4. The van der Waals surface area contributed by atoms with E-state index in [0.29, 0.717) is 11.7 Å². The molecule has 1 unspecified atom stereocenters. The van der Waals surface area contributed by atoms with Crippen LogP contribution in [0, 0.1) is 6.92 Å². The summed E-state index contributed by atoms with van der Waals surface area (Å²) in [7, 11) is 0. The molecule has 0 spiro atoms. The molecule has 0 bridgehead atoms. The van der Waals surface area contributed by atoms with Crippen molar-refractivity contribution in [3.8, 4) is 17.1 Å². The van der Waals surface area contributed by atoms with Crippen LogP contribution in [0.25, 0.3) is 17.1 Å². The van der Waals surface area contributed by atoms with Gasteiger partial charge in [0.1, 0.15) is 11.6 Å². The lowest BCUT2D eigenvalue weighted by atomic mass is 9.87. The van der Waals surface area contributed by atoms with Gasteiger partial charge in [-0.1, -0.05) is 12.1 Å². The Morgan fingerprint density at radius 3 is 2.96 bits per heavy atom. The minimum absolute atomic E-state index is 0.0992. The molecule has 0 radical (unpaired) electrons. The lowest BCUT2D eigenvalue weighted by molar-refractivity contribution is -0.0604. The van der Waals surface area contributed by atoms with E-state index in [2.05, 4.69) is 50.7 Å². The number of hydrogen-bond donors (Lipinski definition) is 1. The van der Waals surface area contributed by atoms with Crippen molar-refractivity contribution < 1.29 is 4.74 Å². The summed E-state index contributed by atoms with van der Waals surface area (Å²) in [6, 6.07) is 8.27. The van der Waals surface area contributed by atoms with Crippen molar-refractivity contribution in [1.82, 2.24) is 24.7 Å². The molecule has 0 amide bonds. The smallest absolute Gasteiger partial charge is 0.181 e. The van der Waals surface area contributed by atoms with Gasteiger partial charge in [0.15, 0.2) is 5.82 Å². The van der Waals surface area contributed by atoms with Crippen molar-refractivity contribution in [3.63, 3.8) is 0 Å². The van der Waals surface area contributed by atoms with Gasteiger partial charge in [-0.2, -0.15) is 5.10 Å². The van der Waals surface area contributed by atoms with E-state index in [1.807, 2.05) is 31.5 Å². The fraction of sp³-hybridized carbons (Fsp3) is 0.421. The van der Waals surface area contributed by atoms with Gasteiger partial charge in [-0.15, -0.1) is 0 Å². The second kappa shape index (κ2) is 6.11. The zero-order valence-electron chi connectivity index (χ0n) is 14.9. The summed E-state index contributed by atoms with van der Waals surface area (Å²) in [5, 5.41) is 7.16. The first-order valence-electron chi connectivity index (χ1n) is 8.69. The van der Waals surface area contributed by atoms with Gasteiger partial charge in [-0.25, -0.2) is 9.97 Å². The lowest BCUT2D eigenvalue weighted by Gasteiger charge is -2.35. The molecule has 0 saturated carbocycles. The Hall–Kier alpha value is -2.47.